The normalized spacial score (nSPS) is 11.5. The lowest BCUT2D eigenvalue weighted by Gasteiger charge is -2.15. The lowest BCUT2D eigenvalue weighted by molar-refractivity contribution is 0.0509. The fourth-order valence-corrected chi connectivity index (χ4v) is 2.54. The zero-order chi connectivity index (χ0) is 15.2. The van der Waals surface area contributed by atoms with Gasteiger partial charge >= 0.3 is 0 Å². The van der Waals surface area contributed by atoms with Gasteiger partial charge in [0.25, 0.3) is 0 Å². The molecule has 0 aliphatic heterocycles. The highest BCUT2D eigenvalue weighted by Crippen LogP contribution is 2.34. The van der Waals surface area contributed by atoms with Gasteiger partial charge in [0, 0.05) is 23.8 Å². The van der Waals surface area contributed by atoms with Crippen LogP contribution in [0.25, 0.3) is 5.57 Å². The summed E-state index contributed by atoms with van der Waals surface area (Å²) in [5.74, 6) is 0.374. The molecule has 0 atom stereocenters. The van der Waals surface area contributed by atoms with Crippen LogP contribution in [0.4, 0.5) is 4.39 Å². The Labute approximate surface area is 132 Å². The van der Waals surface area contributed by atoms with E-state index in [0.29, 0.717) is 11.3 Å². The molecule has 2 aromatic carbocycles. The molecule has 0 heterocycles. The predicted octanol–water partition coefficient (Wildman–Crippen LogP) is 4.90. The van der Waals surface area contributed by atoms with Gasteiger partial charge in [-0.15, -0.1) is 0 Å². The Morgan fingerprint density at radius 1 is 1.19 bits per heavy atom. The number of halogens is 2. The van der Waals surface area contributed by atoms with Crippen molar-refractivity contribution in [3.05, 3.63) is 70.0 Å². The van der Waals surface area contributed by atoms with Crippen molar-refractivity contribution in [1.29, 1.82) is 0 Å². The van der Waals surface area contributed by atoms with Crippen LogP contribution in [0.5, 0.6) is 5.75 Å². The van der Waals surface area contributed by atoms with Gasteiger partial charge in [0.2, 0.25) is 0 Å². The molecule has 0 bridgehead atoms. The van der Waals surface area contributed by atoms with Crippen molar-refractivity contribution in [2.24, 2.45) is 0 Å². The van der Waals surface area contributed by atoms with Crippen molar-refractivity contribution >= 4 is 21.5 Å². The number of methoxy groups -OCH3 is 1. The Hall–Kier alpha value is -1.65. The van der Waals surface area contributed by atoms with Crippen molar-refractivity contribution in [2.45, 2.75) is 6.92 Å². The van der Waals surface area contributed by atoms with Crippen LogP contribution >= 0.6 is 15.9 Å². The number of ether oxygens (including phenoxy) is 2. The van der Waals surface area contributed by atoms with Crippen LogP contribution in [0.15, 0.2) is 47.4 Å². The summed E-state index contributed by atoms with van der Waals surface area (Å²) in [4.78, 5) is 1.71. The fraction of sp³-hybridized carbons (Fsp3) is 0.176. The van der Waals surface area contributed by atoms with Gasteiger partial charge in [0.15, 0.2) is 6.79 Å². The highest BCUT2D eigenvalue weighted by molar-refractivity contribution is 9.11. The largest absolute Gasteiger partial charge is 0.467 e. The van der Waals surface area contributed by atoms with Gasteiger partial charge in [0.1, 0.15) is 11.6 Å². The smallest absolute Gasteiger partial charge is 0.188 e. The molecule has 21 heavy (non-hydrogen) atoms. The molecule has 2 rings (SSSR count). The van der Waals surface area contributed by atoms with Crippen LogP contribution < -0.4 is 4.74 Å². The van der Waals surface area contributed by atoms with Gasteiger partial charge in [-0.3, -0.25) is 0 Å². The van der Waals surface area contributed by atoms with Crippen molar-refractivity contribution in [3.8, 4) is 5.75 Å². The molecule has 0 unspecified atom stereocenters. The van der Waals surface area contributed by atoms with Gasteiger partial charge < -0.3 is 9.47 Å². The maximum atomic E-state index is 14.1. The average Bonchev–Trinajstić information content (AvgIpc) is 2.49. The minimum atomic E-state index is -0.276. The summed E-state index contributed by atoms with van der Waals surface area (Å²) >= 11 is 3.33. The second-order valence-corrected chi connectivity index (χ2v) is 5.01. The van der Waals surface area contributed by atoms with E-state index < -0.39 is 0 Å². The summed E-state index contributed by atoms with van der Waals surface area (Å²) in [6, 6.07) is 12.4. The van der Waals surface area contributed by atoms with Gasteiger partial charge in [-0.1, -0.05) is 45.8 Å². The fourth-order valence-electron chi connectivity index (χ4n) is 2.04. The maximum absolute atomic E-state index is 14.1. The van der Waals surface area contributed by atoms with Crippen molar-refractivity contribution in [1.82, 2.24) is 0 Å². The third-order valence-corrected chi connectivity index (χ3v) is 3.49. The molecule has 0 aliphatic carbocycles. The minimum absolute atomic E-state index is 0.142. The molecule has 0 aromatic heterocycles. The topological polar surface area (TPSA) is 18.5 Å². The number of aryl methyl sites for hydroxylation is 1. The highest BCUT2D eigenvalue weighted by atomic mass is 79.9. The Kier molecular flexibility index (Phi) is 5.53. The van der Waals surface area contributed by atoms with Crippen LogP contribution in [0.1, 0.15) is 16.7 Å². The molecular weight excluding hydrogens is 335 g/mol. The zero-order valence-corrected chi connectivity index (χ0v) is 13.5. The Bertz CT molecular complexity index is 653. The van der Waals surface area contributed by atoms with Crippen molar-refractivity contribution in [2.75, 3.05) is 13.9 Å². The Balaban J connectivity index is 2.52. The highest BCUT2D eigenvalue weighted by Gasteiger charge is 2.14. The van der Waals surface area contributed by atoms with E-state index in [-0.39, 0.29) is 12.6 Å². The Morgan fingerprint density at radius 3 is 2.62 bits per heavy atom. The third kappa shape index (κ3) is 3.71. The van der Waals surface area contributed by atoms with E-state index in [1.807, 2.05) is 25.1 Å². The standard InChI is InChI=1S/C17H16BrFO2/c1-12-7-8-17(21-11-20-2)14(9-12)15(10-18)13-5-3-4-6-16(13)19/h3-10H,11H2,1-2H3/b15-10+. The van der Waals surface area contributed by atoms with Crippen LogP contribution in [-0.2, 0) is 4.74 Å². The monoisotopic (exact) mass is 350 g/mol. The van der Waals surface area contributed by atoms with E-state index in [1.54, 1.807) is 30.3 Å². The molecule has 0 N–H and O–H groups in total. The molecule has 0 spiro atoms. The predicted molar refractivity (Wildman–Crippen MR) is 86.1 cm³/mol. The molecule has 0 radical (unpaired) electrons. The molecule has 0 saturated heterocycles. The molecule has 4 heteroatoms. The van der Waals surface area contributed by atoms with Gasteiger partial charge in [-0.05, 0) is 30.1 Å². The third-order valence-electron chi connectivity index (χ3n) is 3.03. The summed E-state index contributed by atoms with van der Waals surface area (Å²) in [7, 11) is 1.56. The summed E-state index contributed by atoms with van der Waals surface area (Å²) < 4.78 is 24.6. The van der Waals surface area contributed by atoms with E-state index >= 15 is 0 Å². The first-order valence-electron chi connectivity index (χ1n) is 6.45. The molecule has 0 fully saturated rings. The quantitative estimate of drug-likeness (QED) is 0.714. The van der Waals surface area contributed by atoms with Crippen molar-refractivity contribution in [3.63, 3.8) is 0 Å². The molecule has 110 valence electrons. The lowest BCUT2D eigenvalue weighted by Crippen LogP contribution is -2.02. The van der Waals surface area contributed by atoms with Gasteiger partial charge in [-0.2, -0.15) is 0 Å². The first kappa shape index (κ1) is 15.7. The lowest BCUT2D eigenvalue weighted by atomic mass is 9.97. The van der Waals surface area contributed by atoms with E-state index in [0.717, 1.165) is 16.7 Å². The summed E-state index contributed by atoms with van der Waals surface area (Å²) in [6.45, 7) is 2.12. The number of hydrogen-bond acceptors (Lipinski definition) is 2. The number of benzene rings is 2. The van der Waals surface area contributed by atoms with Crippen LogP contribution in [-0.4, -0.2) is 13.9 Å². The molecule has 2 nitrogen and oxygen atoms in total. The van der Waals surface area contributed by atoms with Crippen LogP contribution in [0.3, 0.4) is 0 Å². The molecule has 0 aliphatic rings. The molecular formula is C17H16BrFO2. The molecule has 0 amide bonds. The van der Waals surface area contributed by atoms with E-state index in [1.165, 1.54) is 6.07 Å². The summed E-state index contributed by atoms with van der Waals surface area (Å²) in [5, 5.41) is 0. The molecule has 2 aromatic rings. The van der Waals surface area contributed by atoms with E-state index in [2.05, 4.69) is 15.9 Å². The average molecular weight is 351 g/mol. The van der Waals surface area contributed by atoms with Crippen LogP contribution in [0, 0.1) is 12.7 Å². The van der Waals surface area contributed by atoms with Gasteiger partial charge in [0.05, 0.1) is 0 Å². The Morgan fingerprint density at radius 2 is 1.95 bits per heavy atom. The first-order valence-corrected chi connectivity index (χ1v) is 7.37. The van der Waals surface area contributed by atoms with E-state index in [9.17, 15) is 4.39 Å². The second kappa shape index (κ2) is 7.38. The first-order chi connectivity index (χ1) is 10.2. The number of hydrogen-bond donors (Lipinski definition) is 0. The van der Waals surface area contributed by atoms with E-state index in [4.69, 9.17) is 9.47 Å². The van der Waals surface area contributed by atoms with Gasteiger partial charge in [-0.25, -0.2) is 4.39 Å². The van der Waals surface area contributed by atoms with Crippen molar-refractivity contribution < 1.29 is 13.9 Å². The second-order valence-electron chi connectivity index (χ2n) is 4.55. The minimum Gasteiger partial charge on any atom is -0.467 e. The summed E-state index contributed by atoms with van der Waals surface area (Å²) in [5.41, 5.74) is 3.12. The maximum Gasteiger partial charge on any atom is 0.188 e. The zero-order valence-electron chi connectivity index (χ0n) is 11.9. The summed E-state index contributed by atoms with van der Waals surface area (Å²) in [6.07, 6.45) is 0. The SMILES string of the molecule is COCOc1ccc(C)cc1/C(=C/Br)c1ccccc1F. The number of rotatable bonds is 5. The molecule has 0 saturated carbocycles. The van der Waals surface area contributed by atoms with Crippen LogP contribution in [0.2, 0.25) is 0 Å².